The van der Waals surface area contributed by atoms with Crippen LogP contribution in [0.5, 0.6) is 11.5 Å². The molecule has 0 bridgehead atoms. The third kappa shape index (κ3) is 11.3. The minimum absolute atomic E-state index is 0.0588. The third-order valence-corrected chi connectivity index (χ3v) is 5.95. The fourth-order valence-electron chi connectivity index (χ4n) is 4.13. The Bertz CT molecular complexity index is 908. The predicted octanol–water partition coefficient (Wildman–Crippen LogP) is 6.47. The smallest absolute Gasteiger partial charge is 0.303 e. The highest BCUT2D eigenvalue weighted by atomic mass is 16.5. The third-order valence-electron chi connectivity index (χ3n) is 5.95. The normalized spacial score (nSPS) is 10.8. The van der Waals surface area contributed by atoms with Gasteiger partial charge in [-0.25, -0.2) is 0 Å². The van der Waals surface area contributed by atoms with Gasteiger partial charge < -0.3 is 19.7 Å². The van der Waals surface area contributed by atoms with E-state index in [-0.39, 0.29) is 12.8 Å². The Morgan fingerprint density at radius 1 is 0.657 bits per heavy atom. The molecular weight excluding hydrogens is 444 g/mol. The molecule has 0 aromatic heterocycles. The van der Waals surface area contributed by atoms with Crippen molar-refractivity contribution in [2.45, 2.75) is 84.0 Å². The van der Waals surface area contributed by atoms with Crippen molar-refractivity contribution in [2.24, 2.45) is 0 Å². The van der Waals surface area contributed by atoms with Crippen molar-refractivity contribution >= 4 is 11.9 Å². The summed E-state index contributed by atoms with van der Waals surface area (Å²) in [6, 6.07) is 14.1. The van der Waals surface area contributed by atoms with Gasteiger partial charge >= 0.3 is 11.9 Å². The van der Waals surface area contributed by atoms with E-state index >= 15 is 0 Å². The average molecular weight is 485 g/mol. The second kappa shape index (κ2) is 16.6. The molecule has 0 fully saturated rings. The molecule has 0 radical (unpaired) electrons. The van der Waals surface area contributed by atoms with Gasteiger partial charge in [0.1, 0.15) is 11.5 Å². The topological polar surface area (TPSA) is 93.1 Å². The maximum Gasteiger partial charge on any atom is 0.303 e. The number of carbonyl (C=O) groups is 2. The van der Waals surface area contributed by atoms with E-state index in [1.54, 1.807) is 0 Å². The highest BCUT2D eigenvalue weighted by Gasteiger charge is 2.12. The lowest BCUT2D eigenvalue weighted by molar-refractivity contribution is -0.138. The van der Waals surface area contributed by atoms with Crippen LogP contribution in [0.1, 0.15) is 81.4 Å². The van der Waals surface area contributed by atoms with Gasteiger partial charge in [0.05, 0.1) is 13.2 Å². The number of para-hydroxylation sites is 1. The Hall–Kier alpha value is -3.02. The van der Waals surface area contributed by atoms with Crippen molar-refractivity contribution in [2.75, 3.05) is 13.2 Å². The van der Waals surface area contributed by atoms with Crippen molar-refractivity contribution in [3.8, 4) is 11.5 Å². The Morgan fingerprint density at radius 2 is 1.29 bits per heavy atom. The first-order valence-electron chi connectivity index (χ1n) is 12.9. The molecule has 0 amide bonds. The standard InChI is InChI=1S/C29H40O6/c1-2-12-24-14-6-7-16-26(24)34-21-9-4-3-5-13-23-15-11-17-27(25(23)19-20-29(32)33)35-22-10-8-18-28(30)31/h6-7,11,14-17H,2-5,8-10,12-13,18-22H2,1H3,(H,30,31)(H,32,33). The zero-order valence-corrected chi connectivity index (χ0v) is 21.0. The van der Waals surface area contributed by atoms with E-state index in [0.29, 0.717) is 25.9 Å². The van der Waals surface area contributed by atoms with Gasteiger partial charge in [0.15, 0.2) is 0 Å². The van der Waals surface area contributed by atoms with Crippen molar-refractivity contribution in [3.63, 3.8) is 0 Å². The SMILES string of the molecule is CCCc1ccccc1OCCCCCCc1cccc(OCCCCC(=O)O)c1CCC(=O)O. The lowest BCUT2D eigenvalue weighted by Gasteiger charge is -2.15. The number of carboxylic acid groups (broad SMARTS) is 2. The number of unbranched alkanes of at least 4 members (excludes halogenated alkanes) is 4. The summed E-state index contributed by atoms with van der Waals surface area (Å²) in [5.74, 6) is 0.0881. The first-order valence-corrected chi connectivity index (χ1v) is 12.9. The van der Waals surface area contributed by atoms with Crippen LogP contribution in [0.4, 0.5) is 0 Å². The molecule has 6 nitrogen and oxygen atoms in total. The summed E-state index contributed by atoms with van der Waals surface area (Å²) in [4.78, 5) is 21.8. The van der Waals surface area contributed by atoms with Crippen molar-refractivity contribution < 1.29 is 29.3 Å². The lowest BCUT2D eigenvalue weighted by Crippen LogP contribution is -2.06. The summed E-state index contributed by atoms with van der Waals surface area (Å²) >= 11 is 0. The number of benzene rings is 2. The molecule has 2 aromatic rings. The fourth-order valence-corrected chi connectivity index (χ4v) is 4.13. The number of rotatable bonds is 19. The molecule has 0 saturated carbocycles. The van der Waals surface area contributed by atoms with E-state index in [2.05, 4.69) is 25.1 Å². The van der Waals surface area contributed by atoms with Crippen LogP contribution < -0.4 is 9.47 Å². The molecule has 0 aliphatic carbocycles. The molecule has 2 rings (SSSR count). The fraction of sp³-hybridized carbons (Fsp3) is 0.517. The van der Waals surface area contributed by atoms with Crippen LogP contribution in [0, 0.1) is 0 Å². The lowest BCUT2D eigenvalue weighted by atomic mass is 9.97. The zero-order valence-electron chi connectivity index (χ0n) is 21.0. The molecule has 2 N–H and O–H groups in total. The summed E-state index contributed by atoms with van der Waals surface area (Å²) in [5.41, 5.74) is 3.37. The van der Waals surface area contributed by atoms with Gasteiger partial charge in [-0.2, -0.15) is 0 Å². The van der Waals surface area contributed by atoms with Crippen LogP contribution in [-0.4, -0.2) is 35.4 Å². The average Bonchev–Trinajstić information content (AvgIpc) is 2.83. The molecule has 35 heavy (non-hydrogen) atoms. The van der Waals surface area contributed by atoms with Gasteiger partial charge in [0, 0.05) is 12.8 Å². The predicted molar refractivity (Wildman–Crippen MR) is 137 cm³/mol. The second-order valence-electron chi connectivity index (χ2n) is 8.86. The summed E-state index contributed by atoms with van der Waals surface area (Å²) in [6.45, 7) is 3.32. The minimum atomic E-state index is -0.826. The van der Waals surface area contributed by atoms with Gasteiger partial charge in [-0.05, 0) is 73.8 Å². The van der Waals surface area contributed by atoms with Crippen LogP contribution in [-0.2, 0) is 28.9 Å². The van der Waals surface area contributed by atoms with E-state index in [9.17, 15) is 14.7 Å². The Kier molecular flexibility index (Phi) is 13.4. The highest BCUT2D eigenvalue weighted by molar-refractivity contribution is 5.67. The first kappa shape index (κ1) is 28.2. The van der Waals surface area contributed by atoms with Gasteiger partial charge in [-0.1, -0.05) is 56.5 Å². The molecule has 0 heterocycles. The van der Waals surface area contributed by atoms with E-state index in [1.807, 2.05) is 24.3 Å². The van der Waals surface area contributed by atoms with Crippen LogP contribution in [0.25, 0.3) is 0 Å². The summed E-state index contributed by atoms with van der Waals surface area (Å²) in [7, 11) is 0. The number of ether oxygens (including phenoxy) is 2. The number of aryl methyl sites for hydroxylation is 2. The van der Waals surface area contributed by atoms with Crippen molar-refractivity contribution in [1.29, 1.82) is 0 Å². The molecule has 0 unspecified atom stereocenters. The quantitative estimate of drug-likeness (QED) is 0.222. The van der Waals surface area contributed by atoms with E-state index < -0.39 is 11.9 Å². The number of hydrogen-bond donors (Lipinski definition) is 2. The molecule has 0 atom stereocenters. The highest BCUT2D eigenvalue weighted by Crippen LogP contribution is 2.26. The molecule has 6 heteroatoms. The largest absolute Gasteiger partial charge is 0.493 e. The zero-order chi connectivity index (χ0) is 25.3. The Labute approximate surface area is 209 Å². The van der Waals surface area contributed by atoms with Gasteiger partial charge in [0.2, 0.25) is 0 Å². The van der Waals surface area contributed by atoms with Crippen LogP contribution in [0.3, 0.4) is 0 Å². The molecule has 192 valence electrons. The molecule has 2 aromatic carbocycles. The van der Waals surface area contributed by atoms with Gasteiger partial charge in [-0.15, -0.1) is 0 Å². The van der Waals surface area contributed by atoms with Crippen molar-refractivity contribution in [3.05, 3.63) is 59.2 Å². The minimum Gasteiger partial charge on any atom is -0.493 e. The van der Waals surface area contributed by atoms with E-state index in [4.69, 9.17) is 14.6 Å². The molecule has 0 aliphatic rings. The van der Waals surface area contributed by atoms with Crippen molar-refractivity contribution in [1.82, 2.24) is 0 Å². The number of aliphatic carboxylic acids is 2. The van der Waals surface area contributed by atoms with E-state index in [1.165, 1.54) is 5.56 Å². The van der Waals surface area contributed by atoms with Crippen LogP contribution in [0.15, 0.2) is 42.5 Å². The molecular formula is C29H40O6. The number of carboxylic acids is 2. The van der Waals surface area contributed by atoms with E-state index in [0.717, 1.165) is 74.2 Å². The first-order chi connectivity index (χ1) is 17.0. The van der Waals surface area contributed by atoms with Gasteiger partial charge in [-0.3, -0.25) is 9.59 Å². The monoisotopic (exact) mass is 484 g/mol. The molecule has 0 spiro atoms. The molecule has 0 saturated heterocycles. The summed E-state index contributed by atoms with van der Waals surface area (Å²) in [6.07, 6.45) is 9.05. The summed E-state index contributed by atoms with van der Waals surface area (Å²) < 4.78 is 11.9. The second-order valence-corrected chi connectivity index (χ2v) is 8.86. The Morgan fingerprint density at radius 3 is 2.03 bits per heavy atom. The maximum atomic E-state index is 11.2. The van der Waals surface area contributed by atoms with Crippen LogP contribution >= 0.6 is 0 Å². The summed E-state index contributed by atoms with van der Waals surface area (Å²) in [5, 5.41) is 17.9. The number of hydrogen-bond acceptors (Lipinski definition) is 4. The van der Waals surface area contributed by atoms with Crippen LogP contribution in [0.2, 0.25) is 0 Å². The maximum absolute atomic E-state index is 11.2. The Balaban J connectivity index is 1.79. The van der Waals surface area contributed by atoms with Gasteiger partial charge in [0.25, 0.3) is 0 Å². The molecule has 0 aliphatic heterocycles.